The van der Waals surface area contributed by atoms with Crippen molar-refractivity contribution in [3.63, 3.8) is 0 Å². The third-order valence-electron chi connectivity index (χ3n) is 4.64. The minimum absolute atomic E-state index is 0.0869. The van der Waals surface area contributed by atoms with Crippen LogP contribution in [-0.4, -0.2) is 24.0 Å². The predicted molar refractivity (Wildman–Crippen MR) is 101 cm³/mol. The Bertz CT molecular complexity index is 653. The van der Waals surface area contributed by atoms with Gasteiger partial charge in [-0.25, -0.2) is 4.79 Å². The highest BCUT2D eigenvalue weighted by Crippen LogP contribution is 2.34. The molecule has 128 valence electrons. The first-order valence-electron chi connectivity index (χ1n) is 8.89. The van der Waals surface area contributed by atoms with Crippen molar-refractivity contribution < 1.29 is 4.79 Å². The Hall–Kier alpha value is -1.81. The second kappa shape index (κ2) is 8.34. The molecule has 3 rings (SSSR count). The number of hydrogen-bond acceptors (Lipinski definition) is 2. The van der Waals surface area contributed by atoms with Gasteiger partial charge in [-0.15, -0.1) is 11.3 Å². The Morgan fingerprint density at radius 2 is 2.00 bits per heavy atom. The highest BCUT2D eigenvalue weighted by atomic mass is 32.1. The van der Waals surface area contributed by atoms with E-state index in [9.17, 15) is 4.79 Å². The van der Waals surface area contributed by atoms with E-state index in [1.807, 2.05) is 29.5 Å². The van der Waals surface area contributed by atoms with E-state index in [0.29, 0.717) is 6.54 Å². The van der Waals surface area contributed by atoms with Gasteiger partial charge < -0.3 is 10.2 Å². The standard InChI is InChI=1S/C20H26N2OS/c1-16-11-12-19(24-16)18-10-6-3-7-15-22(18)20(23)21-14-13-17-8-4-2-5-9-17/h2,4-5,8-9,11-12,18H,3,6-7,10,13-15H2,1H3,(H,21,23)/t18-/m1/s1. The van der Waals surface area contributed by atoms with Gasteiger partial charge in [-0.3, -0.25) is 0 Å². The molecule has 24 heavy (non-hydrogen) atoms. The quantitative estimate of drug-likeness (QED) is 0.840. The van der Waals surface area contributed by atoms with Gasteiger partial charge in [0.25, 0.3) is 0 Å². The van der Waals surface area contributed by atoms with Crippen molar-refractivity contribution in [2.24, 2.45) is 0 Å². The van der Waals surface area contributed by atoms with E-state index < -0.39 is 0 Å². The summed E-state index contributed by atoms with van der Waals surface area (Å²) in [5.74, 6) is 0. The fraction of sp³-hybridized carbons (Fsp3) is 0.450. The second-order valence-corrected chi connectivity index (χ2v) is 7.79. The lowest BCUT2D eigenvalue weighted by molar-refractivity contribution is 0.177. The van der Waals surface area contributed by atoms with Crippen LogP contribution in [0.15, 0.2) is 42.5 Å². The third kappa shape index (κ3) is 4.38. The summed E-state index contributed by atoms with van der Waals surface area (Å²) >= 11 is 1.82. The predicted octanol–water partition coefficient (Wildman–Crippen LogP) is 4.93. The molecular formula is C20H26N2OS. The van der Waals surface area contributed by atoms with Gasteiger partial charge in [-0.05, 0) is 43.9 Å². The summed E-state index contributed by atoms with van der Waals surface area (Å²) in [5, 5.41) is 3.13. The number of benzene rings is 1. The zero-order valence-corrected chi connectivity index (χ0v) is 15.1. The molecule has 2 amide bonds. The molecule has 0 saturated carbocycles. The summed E-state index contributed by atoms with van der Waals surface area (Å²) in [6.07, 6.45) is 5.48. The van der Waals surface area contributed by atoms with E-state index in [4.69, 9.17) is 0 Å². The van der Waals surface area contributed by atoms with Gasteiger partial charge in [0, 0.05) is 22.8 Å². The molecule has 0 bridgehead atoms. The maximum atomic E-state index is 12.8. The Morgan fingerprint density at radius 1 is 1.17 bits per heavy atom. The molecule has 1 aliphatic rings. The van der Waals surface area contributed by atoms with Crippen LogP contribution < -0.4 is 5.32 Å². The van der Waals surface area contributed by atoms with E-state index in [2.05, 4.69) is 41.4 Å². The molecule has 3 nitrogen and oxygen atoms in total. The molecule has 0 spiro atoms. The molecule has 4 heteroatoms. The SMILES string of the molecule is Cc1ccc([C@H]2CCCCCN2C(=O)NCCc2ccccc2)s1. The average molecular weight is 343 g/mol. The number of likely N-dealkylation sites (tertiary alicyclic amines) is 1. The van der Waals surface area contributed by atoms with Crippen LogP contribution in [0.1, 0.15) is 47.0 Å². The summed E-state index contributed by atoms with van der Waals surface area (Å²) in [6.45, 7) is 3.68. The van der Waals surface area contributed by atoms with Crippen molar-refractivity contribution in [1.29, 1.82) is 0 Å². The lowest BCUT2D eigenvalue weighted by atomic mass is 10.1. The molecule has 1 aromatic heterocycles. The maximum absolute atomic E-state index is 12.8. The molecule has 1 atom stereocenters. The molecule has 0 radical (unpaired) electrons. The smallest absolute Gasteiger partial charge is 0.317 e. The van der Waals surface area contributed by atoms with Crippen LogP contribution >= 0.6 is 11.3 Å². The van der Waals surface area contributed by atoms with Crippen LogP contribution in [0.4, 0.5) is 4.79 Å². The van der Waals surface area contributed by atoms with Crippen LogP contribution in [0.2, 0.25) is 0 Å². The van der Waals surface area contributed by atoms with E-state index in [1.165, 1.54) is 28.2 Å². The van der Waals surface area contributed by atoms with Gasteiger partial charge in [-0.1, -0.05) is 43.2 Å². The lowest BCUT2D eigenvalue weighted by Crippen LogP contribution is -2.42. The Kier molecular flexibility index (Phi) is 5.91. The summed E-state index contributed by atoms with van der Waals surface area (Å²) < 4.78 is 0. The first-order chi connectivity index (χ1) is 11.7. The second-order valence-electron chi connectivity index (χ2n) is 6.47. The van der Waals surface area contributed by atoms with Gasteiger partial charge >= 0.3 is 6.03 Å². The Balaban J connectivity index is 1.61. The highest BCUT2D eigenvalue weighted by Gasteiger charge is 2.27. The number of urea groups is 1. The first-order valence-corrected chi connectivity index (χ1v) is 9.70. The summed E-state index contributed by atoms with van der Waals surface area (Å²) in [6, 6.07) is 15.0. The molecular weight excluding hydrogens is 316 g/mol. The summed E-state index contributed by atoms with van der Waals surface area (Å²) in [5.41, 5.74) is 1.26. The molecule has 1 aromatic carbocycles. The number of rotatable bonds is 4. The van der Waals surface area contributed by atoms with Crippen LogP contribution in [0.25, 0.3) is 0 Å². The molecule has 2 heterocycles. The zero-order valence-electron chi connectivity index (χ0n) is 14.3. The first kappa shape index (κ1) is 17.0. The van der Waals surface area contributed by atoms with Crippen LogP contribution in [0.5, 0.6) is 0 Å². The monoisotopic (exact) mass is 342 g/mol. The summed E-state index contributed by atoms with van der Waals surface area (Å²) in [4.78, 5) is 17.5. The van der Waals surface area contributed by atoms with Crippen molar-refractivity contribution in [3.05, 3.63) is 57.8 Å². The van der Waals surface area contributed by atoms with Crippen molar-refractivity contribution >= 4 is 17.4 Å². The fourth-order valence-electron chi connectivity index (χ4n) is 3.34. The molecule has 2 aromatic rings. The molecule has 1 N–H and O–H groups in total. The minimum atomic E-state index is 0.0869. The number of hydrogen-bond donors (Lipinski definition) is 1. The topological polar surface area (TPSA) is 32.3 Å². The molecule has 0 unspecified atom stereocenters. The Morgan fingerprint density at radius 3 is 2.75 bits per heavy atom. The fourth-order valence-corrected chi connectivity index (χ4v) is 4.36. The highest BCUT2D eigenvalue weighted by molar-refractivity contribution is 7.12. The van der Waals surface area contributed by atoms with Gasteiger partial charge in [0.15, 0.2) is 0 Å². The largest absolute Gasteiger partial charge is 0.338 e. The van der Waals surface area contributed by atoms with Crippen LogP contribution in [-0.2, 0) is 6.42 Å². The Labute approximate surface area is 148 Å². The summed E-state index contributed by atoms with van der Waals surface area (Å²) in [7, 11) is 0. The number of amides is 2. The molecule has 0 aliphatic carbocycles. The number of nitrogens with one attached hydrogen (secondary N) is 1. The van der Waals surface area contributed by atoms with Crippen molar-refractivity contribution in [2.75, 3.05) is 13.1 Å². The molecule has 1 saturated heterocycles. The van der Waals surface area contributed by atoms with Crippen molar-refractivity contribution in [1.82, 2.24) is 10.2 Å². The zero-order chi connectivity index (χ0) is 16.8. The van der Waals surface area contributed by atoms with E-state index in [0.717, 1.165) is 25.8 Å². The van der Waals surface area contributed by atoms with Gasteiger partial charge in [0.1, 0.15) is 0 Å². The average Bonchev–Trinajstić information content (AvgIpc) is 2.88. The van der Waals surface area contributed by atoms with E-state index >= 15 is 0 Å². The third-order valence-corrected chi connectivity index (χ3v) is 5.74. The van der Waals surface area contributed by atoms with E-state index in [-0.39, 0.29) is 12.1 Å². The van der Waals surface area contributed by atoms with Crippen molar-refractivity contribution in [2.45, 2.75) is 45.1 Å². The number of carbonyl (C=O) groups is 1. The minimum Gasteiger partial charge on any atom is -0.338 e. The maximum Gasteiger partial charge on any atom is 0.317 e. The lowest BCUT2D eigenvalue weighted by Gasteiger charge is -2.29. The van der Waals surface area contributed by atoms with Crippen LogP contribution in [0.3, 0.4) is 0 Å². The molecule has 1 aliphatic heterocycles. The van der Waals surface area contributed by atoms with Gasteiger partial charge in [0.05, 0.1) is 6.04 Å². The number of nitrogens with zero attached hydrogens (tertiary/aromatic N) is 1. The van der Waals surface area contributed by atoms with E-state index in [1.54, 1.807) is 0 Å². The normalized spacial score (nSPS) is 18.2. The van der Waals surface area contributed by atoms with Gasteiger partial charge in [0.2, 0.25) is 0 Å². The van der Waals surface area contributed by atoms with Crippen LogP contribution in [0, 0.1) is 6.92 Å². The molecule has 1 fully saturated rings. The number of carbonyl (C=O) groups excluding carboxylic acids is 1. The van der Waals surface area contributed by atoms with Gasteiger partial charge in [-0.2, -0.15) is 0 Å². The van der Waals surface area contributed by atoms with Crippen molar-refractivity contribution in [3.8, 4) is 0 Å². The number of thiophene rings is 1. The number of aryl methyl sites for hydroxylation is 1.